The number of ether oxygens (including phenoxy) is 2. The van der Waals surface area contributed by atoms with Crippen LogP contribution in [0.15, 0.2) is 24.4 Å². The predicted octanol–water partition coefficient (Wildman–Crippen LogP) is 1.57. The summed E-state index contributed by atoms with van der Waals surface area (Å²) in [7, 11) is 0. The molecule has 0 saturated carbocycles. The van der Waals surface area contributed by atoms with Crippen LogP contribution < -0.4 is 4.74 Å². The Morgan fingerprint density at radius 2 is 1.81 bits per heavy atom. The van der Waals surface area contributed by atoms with Crippen LogP contribution in [-0.2, 0) is 17.6 Å². The zero-order chi connectivity index (χ0) is 22.5. The van der Waals surface area contributed by atoms with Crippen LogP contribution in [0.3, 0.4) is 0 Å². The van der Waals surface area contributed by atoms with Crippen LogP contribution in [0.2, 0.25) is 0 Å². The molecule has 5 atom stereocenters. The van der Waals surface area contributed by atoms with Crippen molar-refractivity contribution in [1.29, 1.82) is 0 Å². The number of aromatic nitrogens is 2. The quantitative estimate of drug-likeness (QED) is 0.495. The minimum Gasteiger partial charge on any atom is -0.493 e. The smallest absolute Gasteiger partial charge is 0.163 e. The summed E-state index contributed by atoms with van der Waals surface area (Å²) in [5.74, 6) is 1.12. The van der Waals surface area contributed by atoms with E-state index in [-0.39, 0.29) is 0 Å². The van der Waals surface area contributed by atoms with E-state index in [0.717, 1.165) is 30.5 Å². The molecule has 1 aromatic heterocycles. The lowest BCUT2D eigenvalue weighted by Crippen LogP contribution is -2.55. The van der Waals surface area contributed by atoms with E-state index in [1.165, 1.54) is 0 Å². The number of nitrogens with zero attached hydrogens (tertiary/aromatic N) is 2. The number of hydrogen-bond donors (Lipinski definition) is 4. The molecule has 8 heteroatoms. The molecule has 31 heavy (non-hydrogen) atoms. The van der Waals surface area contributed by atoms with Gasteiger partial charge < -0.3 is 29.9 Å². The molecule has 0 aliphatic carbocycles. The van der Waals surface area contributed by atoms with Gasteiger partial charge in [-0.25, -0.2) is 9.97 Å². The fourth-order valence-corrected chi connectivity index (χ4v) is 3.79. The Labute approximate surface area is 182 Å². The van der Waals surface area contributed by atoms with Crippen molar-refractivity contribution in [3.63, 3.8) is 0 Å². The molecule has 1 fully saturated rings. The maximum absolute atomic E-state index is 10.5. The van der Waals surface area contributed by atoms with Crippen molar-refractivity contribution in [2.45, 2.75) is 70.6 Å². The highest BCUT2D eigenvalue weighted by molar-refractivity contribution is 5.65. The molecule has 4 N–H and O–H groups in total. The molecule has 5 unspecified atom stereocenters. The van der Waals surface area contributed by atoms with Crippen LogP contribution >= 0.6 is 0 Å². The summed E-state index contributed by atoms with van der Waals surface area (Å²) in [5.41, 5.74) is 3.27. The fourth-order valence-electron chi connectivity index (χ4n) is 3.79. The van der Waals surface area contributed by atoms with E-state index in [2.05, 4.69) is 11.9 Å². The Hall–Kier alpha value is -2.10. The van der Waals surface area contributed by atoms with Gasteiger partial charge in [0.25, 0.3) is 0 Å². The zero-order valence-electron chi connectivity index (χ0n) is 18.2. The third kappa shape index (κ3) is 4.88. The standard InChI is InChI=1S/C23H32N2O6/c1-4-9-30-17-8-7-14(22-21(29)20(28)19(27)18(12-26)31-22)10-15(17)23-24-11-13(5-2)16(6-3)25-23/h7-8,10-11,18-22,26-29H,4-6,9,12H2,1-3H3. The highest BCUT2D eigenvalue weighted by atomic mass is 16.5. The Morgan fingerprint density at radius 3 is 2.45 bits per heavy atom. The highest BCUT2D eigenvalue weighted by Gasteiger charge is 2.44. The van der Waals surface area contributed by atoms with Crippen LogP contribution in [0.1, 0.15) is 50.1 Å². The van der Waals surface area contributed by atoms with Gasteiger partial charge in [-0.1, -0.05) is 26.8 Å². The van der Waals surface area contributed by atoms with E-state index >= 15 is 0 Å². The minimum absolute atomic E-state index is 0.479. The van der Waals surface area contributed by atoms with Crippen molar-refractivity contribution < 1.29 is 29.9 Å². The van der Waals surface area contributed by atoms with E-state index in [1.807, 2.05) is 20.0 Å². The van der Waals surface area contributed by atoms with Gasteiger partial charge in [0.05, 0.1) is 18.8 Å². The summed E-state index contributed by atoms with van der Waals surface area (Å²) < 4.78 is 11.6. The Bertz CT molecular complexity index is 875. The van der Waals surface area contributed by atoms with E-state index < -0.39 is 37.1 Å². The first-order valence-electron chi connectivity index (χ1n) is 10.9. The molecule has 170 valence electrons. The van der Waals surface area contributed by atoms with Gasteiger partial charge in [0.15, 0.2) is 5.82 Å². The largest absolute Gasteiger partial charge is 0.493 e. The SMILES string of the molecule is CCCOc1ccc(C2OC(CO)C(O)C(O)C2O)cc1-c1ncc(CC)c(CC)n1. The summed E-state index contributed by atoms with van der Waals surface area (Å²) in [4.78, 5) is 9.28. The minimum atomic E-state index is -1.44. The third-order valence-electron chi connectivity index (χ3n) is 5.60. The van der Waals surface area contributed by atoms with Crippen molar-refractivity contribution in [1.82, 2.24) is 9.97 Å². The van der Waals surface area contributed by atoms with Crippen molar-refractivity contribution in [2.24, 2.45) is 0 Å². The van der Waals surface area contributed by atoms with Crippen LogP contribution in [-0.4, -0.2) is 68.0 Å². The monoisotopic (exact) mass is 432 g/mol. The Balaban J connectivity index is 2.05. The van der Waals surface area contributed by atoms with Gasteiger partial charge in [-0.05, 0) is 42.5 Å². The van der Waals surface area contributed by atoms with Crippen molar-refractivity contribution in [2.75, 3.05) is 13.2 Å². The molecule has 0 radical (unpaired) electrons. The highest BCUT2D eigenvalue weighted by Crippen LogP contribution is 2.37. The Kier molecular flexibility index (Phi) is 7.96. The second-order valence-corrected chi connectivity index (χ2v) is 7.73. The molecule has 3 rings (SSSR count). The fraction of sp³-hybridized carbons (Fsp3) is 0.565. The molecule has 0 spiro atoms. The van der Waals surface area contributed by atoms with Crippen molar-refractivity contribution in [3.05, 3.63) is 41.2 Å². The molecule has 1 aliphatic heterocycles. The third-order valence-corrected chi connectivity index (χ3v) is 5.60. The van der Waals surface area contributed by atoms with Gasteiger partial charge in [-0.3, -0.25) is 0 Å². The maximum Gasteiger partial charge on any atom is 0.163 e. The van der Waals surface area contributed by atoms with Gasteiger partial charge in [0.2, 0.25) is 0 Å². The van der Waals surface area contributed by atoms with Gasteiger partial charge in [-0.2, -0.15) is 0 Å². The van der Waals surface area contributed by atoms with Gasteiger partial charge in [-0.15, -0.1) is 0 Å². The van der Waals surface area contributed by atoms with Crippen LogP contribution in [0.4, 0.5) is 0 Å². The second-order valence-electron chi connectivity index (χ2n) is 7.73. The molecule has 1 aliphatic rings. The van der Waals surface area contributed by atoms with E-state index in [4.69, 9.17) is 14.5 Å². The van der Waals surface area contributed by atoms with E-state index in [1.54, 1.807) is 18.2 Å². The summed E-state index contributed by atoms with van der Waals surface area (Å²) >= 11 is 0. The Morgan fingerprint density at radius 1 is 1.03 bits per heavy atom. The van der Waals surface area contributed by atoms with Gasteiger partial charge >= 0.3 is 0 Å². The van der Waals surface area contributed by atoms with Crippen LogP contribution in [0.25, 0.3) is 11.4 Å². The number of aryl methyl sites for hydroxylation is 2. The maximum atomic E-state index is 10.5. The first kappa shape index (κ1) is 23.6. The predicted molar refractivity (Wildman–Crippen MR) is 115 cm³/mol. The van der Waals surface area contributed by atoms with Crippen LogP contribution in [0.5, 0.6) is 5.75 Å². The van der Waals surface area contributed by atoms with Gasteiger partial charge in [0, 0.05) is 11.9 Å². The molecule has 2 aromatic rings. The number of aliphatic hydroxyl groups excluding tert-OH is 4. The average molecular weight is 433 g/mol. The lowest BCUT2D eigenvalue weighted by Gasteiger charge is -2.40. The molecular weight excluding hydrogens is 400 g/mol. The zero-order valence-corrected chi connectivity index (χ0v) is 18.2. The van der Waals surface area contributed by atoms with Gasteiger partial charge in [0.1, 0.15) is 36.3 Å². The summed E-state index contributed by atoms with van der Waals surface area (Å²) in [6, 6.07) is 5.28. The van der Waals surface area contributed by atoms with E-state index in [9.17, 15) is 20.4 Å². The first-order valence-corrected chi connectivity index (χ1v) is 10.9. The van der Waals surface area contributed by atoms with Crippen LogP contribution in [0, 0.1) is 0 Å². The summed E-state index contributed by atoms with van der Waals surface area (Å²) in [6.07, 6.45) is -1.84. The molecule has 0 bridgehead atoms. The molecule has 1 saturated heterocycles. The molecule has 2 heterocycles. The molecule has 0 amide bonds. The number of rotatable bonds is 8. The lowest BCUT2D eigenvalue weighted by molar-refractivity contribution is -0.231. The van der Waals surface area contributed by atoms with Crippen molar-refractivity contribution in [3.8, 4) is 17.1 Å². The topological polar surface area (TPSA) is 125 Å². The normalized spacial score (nSPS) is 26.1. The number of aliphatic hydroxyl groups is 4. The molecule has 1 aromatic carbocycles. The average Bonchev–Trinajstić information content (AvgIpc) is 2.81. The second kappa shape index (κ2) is 10.5. The first-order chi connectivity index (χ1) is 14.9. The number of benzene rings is 1. The molecular formula is C23H32N2O6. The summed E-state index contributed by atoms with van der Waals surface area (Å²) in [5, 5.41) is 40.3. The summed E-state index contributed by atoms with van der Waals surface area (Å²) in [6.45, 7) is 6.18. The lowest BCUT2D eigenvalue weighted by atomic mass is 9.90. The van der Waals surface area contributed by atoms with Crippen molar-refractivity contribution >= 4 is 0 Å². The van der Waals surface area contributed by atoms with E-state index in [0.29, 0.717) is 29.3 Å². The molecule has 8 nitrogen and oxygen atoms in total. The number of hydrogen-bond acceptors (Lipinski definition) is 8.